The lowest BCUT2D eigenvalue weighted by molar-refractivity contribution is 0.0718. The fraction of sp³-hybridized carbons (Fsp3) is 0.550. The van der Waals surface area contributed by atoms with Gasteiger partial charge in [0.1, 0.15) is 0 Å². The molecule has 0 saturated carbocycles. The maximum atomic E-state index is 13.2. The maximum Gasteiger partial charge on any atom is 0.260 e. The van der Waals surface area contributed by atoms with Crippen molar-refractivity contribution in [2.24, 2.45) is 13.0 Å². The molecule has 5 rings (SSSR count). The number of methoxy groups -OCH3 is 1. The van der Waals surface area contributed by atoms with Crippen LogP contribution in [0.15, 0.2) is 29.3 Å². The van der Waals surface area contributed by atoms with E-state index in [0.29, 0.717) is 28.4 Å². The van der Waals surface area contributed by atoms with E-state index < -0.39 is 0 Å². The Balaban J connectivity index is 1.57. The van der Waals surface area contributed by atoms with Gasteiger partial charge in [0.25, 0.3) is 11.5 Å². The predicted octanol–water partition coefficient (Wildman–Crippen LogP) is 1.12. The molecular formula is C20H26N4O3. The molecule has 2 bridgehead atoms. The van der Waals surface area contributed by atoms with E-state index in [9.17, 15) is 9.59 Å². The minimum atomic E-state index is -0.0967. The summed E-state index contributed by atoms with van der Waals surface area (Å²) < 4.78 is 6.69. The zero-order valence-corrected chi connectivity index (χ0v) is 15.9. The van der Waals surface area contributed by atoms with Crippen LogP contribution in [0.2, 0.25) is 0 Å². The molecule has 7 heteroatoms. The summed E-state index contributed by atoms with van der Waals surface area (Å²) in [6.45, 7) is 4.22. The number of aryl methyl sites for hydroxylation is 1. The molecule has 1 aromatic carbocycles. The molecule has 0 radical (unpaired) electrons. The lowest BCUT2D eigenvalue weighted by Crippen LogP contribution is -2.45. The lowest BCUT2D eigenvalue weighted by Gasteiger charge is -2.35. The molecule has 27 heavy (non-hydrogen) atoms. The number of amides is 1. The van der Waals surface area contributed by atoms with Crippen LogP contribution in [0.3, 0.4) is 0 Å². The summed E-state index contributed by atoms with van der Waals surface area (Å²) in [5.74, 6) is 0.542. The summed E-state index contributed by atoms with van der Waals surface area (Å²) in [6, 6.07) is 5.61. The van der Waals surface area contributed by atoms with Crippen LogP contribution in [0.25, 0.3) is 10.9 Å². The number of nitrogens with zero attached hydrogens (tertiary/aromatic N) is 4. The zero-order valence-electron chi connectivity index (χ0n) is 15.9. The van der Waals surface area contributed by atoms with Gasteiger partial charge in [0, 0.05) is 51.9 Å². The van der Waals surface area contributed by atoms with Crippen molar-refractivity contribution in [1.82, 2.24) is 19.4 Å². The van der Waals surface area contributed by atoms with Gasteiger partial charge in [-0.1, -0.05) is 0 Å². The molecule has 3 aliphatic rings. The number of rotatable bonds is 4. The first kappa shape index (κ1) is 18.1. The first-order chi connectivity index (χ1) is 13.1. The Bertz CT molecular complexity index is 910. The van der Waals surface area contributed by atoms with Crippen molar-refractivity contribution in [3.05, 3.63) is 40.4 Å². The average Bonchev–Trinajstić information content (AvgIpc) is 3.00. The van der Waals surface area contributed by atoms with Crippen molar-refractivity contribution in [3.8, 4) is 0 Å². The highest BCUT2D eigenvalue weighted by atomic mass is 16.5. The molecule has 3 saturated heterocycles. The average molecular weight is 370 g/mol. The molecule has 1 amide bonds. The fourth-order valence-electron chi connectivity index (χ4n) is 4.35. The van der Waals surface area contributed by atoms with Gasteiger partial charge < -0.3 is 14.2 Å². The Morgan fingerprint density at radius 2 is 2.11 bits per heavy atom. The van der Waals surface area contributed by atoms with Gasteiger partial charge in [0.2, 0.25) is 0 Å². The van der Waals surface area contributed by atoms with Gasteiger partial charge in [-0.15, -0.1) is 0 Å². The Morgan fingerprint density at radius 1 is 1.26 bits per heavy atom. The standard InChI is InChI=1S/C20H26N4O3/c1-22-13-21-18-9-15(4-6-17(18)20(22)26)19(25)24-11-14-3-5-16(12-24)23(10-14)7-8-27-2/h4,6,9,13-14,16H,3,5,7-8,10-12H2,1-2H3/t14-,16-/m1/s1. The summed E-state index contributed by atoms with van der Waals surface area (Å²) in [5.41, 5.74) is 1.08. The Morgan fingerprint density at radius 3 is 2.93 bits per heavy atom. The number of aromatic nitrogens is 2. The topological polar surface area (TPSA) is 67.7 Å². The van der Waals surface area contributed by atoms with Crippen molar-refractivity contribution >= 4 is 16.8 Å². The van der Waals surface area contributed by atoms with Crippen LogP contribution in [0.5, 0.6) is 0 Å². The molecule has 3 fully saturated rings. The number of hydrogen-bond acceptors (Lipinski definition) is 5. The summed E-state index contributed by atoms with van der Waals surface area (Å²) in [7, 11) is 3.41. The van der Waals surface area contributed by atoms with Crippen LogP contribution in [0.4, 0.5) is 0 Å². The van der Waals surface area contributed by atoms with E-state index in [4.69, 9.17) is 4.74 Å². The van der Waals surface area contributed by atoms with Crippen molar-refractivity contribution in [3.63, 3.8) is 0 Å². The second kappa shape index (κ2) is 7.40. The molecule has 0 aliphatic carbocycles. The number of carbonyl (C=O) groups excluding carboxylic acids is 1. The molecule has 0 N–H and O–H groups in total. The highest BCUT2D eigenvalue weighted by Gasteiger charge is 2.36. The van der Waals surface area contributed by atoms with E-state index >= 15 is 0 Å². The zero-order chi connectivity index (χ0) is 19.0. The van der Waals surface area contributed by atoms with Gasteiger partial charge >= 0.3 is 0 Å². The summed E-state index contributed by atoms with van der Waals surface area (Å²) >= 11 is 0. The number of benzene rings is 1. The summed E-state index contributed by atoms with van der Waals surface area (Å²) in [6.07, 6.45) is 3.81. The van der Waals surface area contributed by atoms with Gasteiger partial charge in [0.15, 0.2) is 0 Å². The molecular weight excluding hydrogens is 344 g/mol. The molecule has 0 spiro atoms. The Labute approximate surface area is 158 Å². The quantitative estimate of drug-likeness (QED) is 0.807. The monoisotopic (exact) mass is 370 g/mol. The van der Waals surface area contributed by atoms with Crippen molar-refractivity contribution in [2.45, 2.75) is 18.9 Å². The van der Waals surface area contributed by atoms with Gasteiger partial charge in [-0.2, -0.15) is 0 Å². The lowest BCUT2D eigenvalue weighted by atomic mass is 9.95. The minimum Gasteiger partial charge on any atom is -0.383 e. The molecule has 144 valence electrons. The van der Waals surface area contributed by atoms with Crippen LogP contribution in [-0.2, 0) is 11.8 Å². The fourth-order valence-corrected chi connectivity index (χ4v) is 4.35. The summed E-state index contributed by atoms with van der Waals surface area (Å²) in [4.78, 5) is 34.1. The molecule has 7 nitrogen and oxygen atoms in total. The number of hydrogen-bond donors (Lipinski definition) is 0. The third kappa shape index (κ3) is 3.49. The van der Waals surface area contributed by atoms with Crippen LogP contribution < -0.4 is 5.56 Å². The van der Waals surface area contributed by atoms with Crippen molar-refractivity contribution in [1.29, 1.82) is 0 Å². The Hall–Kier alpha value is -2.25. The molecule has 2 atom stereocenters. The van der Waals surface area contributed by atoms with E-state index in [1.165, 1.54) is 17.3 Å². The second-order valence-electron chi connectivity index (χ2n) is 7.69. The Kier molecular flexibility index (Phi) is 4.97. The highest BCUT2D eigenvalue weighted by molar-refractivity contribution is 5.97. The normalized spacial score (nSPS) is 23.0. The third-order valence-corrected chi connectivity index (χ3v) is 5.86. The van der Waals surface area contributed by atoms with E-state index in [-0.39, 0.29) is 11.5 Å². The second-order valence-corrected chi connectivity index (χ2v) is 7.69. The van der Waals surface area contributed by atoms with Crippen molar-refractivity contribution < 1.29 is 9.53 Å². The van der Waals surface area contributed by atoms with Gasteiger partial charge in [0.05, 0.1) is 23.8 Å². The van der Waals surface area contributed by atoms with E-state index in [1.54, 1.807) is 32.4 Å². The van der Waals surface area contributed by atoms with E-state index in [0.717, 1.165) is 39.2 Å². The van der Waals surface area contributed by atoms with E-state index in [1.807, 2.05) is 4.90 Å². The number of fused-ring (bicyclic) bond motifs is 5. The van der Waals surface area contributed by atoms with Crippen LogP contribution >= 0.6 is 0 Å². The van der Waals surface area contributed by atoms with Crippen LogP contribution in [0, 0.1) is 5.92 Å². The third-order valence-electron chi connectivity index (χ3n) is 5.86. The first-order valence-electron chi connectivity index (χ1n) is 9.54. The predicted molar refractivity (Wildman–Crippen MR) is 103 cm³/mol. The van der Waals surface area contributed by atoms with Crippen molar-refractivity contribution in [2.75, 3.05) is 39.9 Å². The van der Waals surface area contributed by atoms with Crippen LogP contribution in [0.1, 0.15) is 23.2 Å². The largest absolute Gasteiger partial charge is 0.383 e. The number of ether oxygens (including phenoxy) is 1. The molecule has 4 heterocycles. The number of piperidine rings is 1. The van der Waals surface area contributed by atoms with E-state index in [2.05, 4.69) is 9.88 Å². The smallest absolute Gasteiger partial charge is 0.260 e. The minimum absolute atomic E-state index is 0.0323. The van der Waals surface area contributed by atoms with Crippen LogP contribution in [-0.4, -0.2) is 71.2 Å². The first-order valence-corrected chi connectivity index (χ1v) is 9.54. The SMILES string of the molecule is COCCN1C[C@H]2CC[C@@H]1CN(C(=O)c1ccc3c(=O)n(C)cnc3c1)C2. The molecule has 1 aromatic heterocycles. The molecule has 3 aliphatic heterocycles. The molecule has 2 aromatic rings. The maximum absolute atomic E-state index is 13.2. The number of carbonyl (C=O) groups is 1. The van der Waals surface area contributed by atoms with Gasteiger partial charge in [-0.05, 0) is 37.0 Å². The van der Waals surface area contributed by atoms with Gasteiger partial charge in [-0.3, -0.25) is 14.5 Å². The van der Waals surface area contributed by atoms with Gasteiger partial charge in [-0.25, -0.2) is 4.98 Å². The summed E-state index contributed by atoms with van der Waals surface area (Å²) in [5, 5.41) is 0.540. The highest BCUT2D eigenvalue weighted by Crippen LogP contribution is 2.28. The molecule has 0 unspecified atom stereocenters.